The van der Waals surface area contributed by atoms with E-state index in [4.69, 9.17) is 10.5 Å². The van der Waals surface area contributed by atoms with Crippen molar-refractivity contribution in [1.29, 1.82) is 0 Å². The molecule has 0 saturated heterocycles. The van der Waals surface area contributed by atoms with E-state index in [1.165, 1.54) is 6.42 Å². The lowest BCUT2D eigenvalue weighted by atomic mass is 10.00. The zero-order valence-electron chi connectivity index (χ0n) is 8.68. The van der Waals surface area contributed by atoms with Gasteiger partial charge in [0.2, 0.25) is 0 Å². The minimum atomic E-state index is 0.683. The van der Waals surface area contributed by atoms with Crippen LogP contribution in [-0.4, -0.2) is 19.8 Å². The summed E-state index contributed by atoms with van der Waals surface area (Å²) >= 11 is 0. The Morgan fingerprint density at radius 2 is 1.92 bits per heavy atom. The maximum absolute atomic E-state index is 5.46. The monoisotopic (exact) mass is 173 g/mol. The molecule has 0 amide bonds. The van der Waals surface area contributed by atoms with E-state index in [1.54, 1.807) is 0 Å². The molecule has 0 saturated carbocycles. The predicted molar refractivity (Wildman–Crippen MR) is 53.1 cm³/mol. The summed E-state index contributed by atoms with van der Waals surface area (Å²) in [6, 6.07) is 0. The highest BCUT2D eigenvalue weighted by Gasteiger charge is 2.04. The van der Waals surface area contributed by atoms with Crippen molar-refractivity contribution in [3.8, 4) is 0 Å². The zero-order valence-corrected chi connectivity index (χ0v) is 8.68. The van der Waals surface area contributed by atoms with E-state index >= 15 is 0 Å². The first kappa shape index (κ1) is 11.9. The van der Waals surface area contributed by atoms with Crippen LogP contribution >= 0.6 is 0 Å². The summed E-state index contributed by atoms with van der Waals surface area (Å²) in [5.41, 5.74) is 5.35. The number of nitrogens with two attached hydrogens (primary N) is 1. The Morgan fingerprint density at radius 1 is 1.25 bits per heavy atom. The molecule has 2 N–H and O–H groups in total. The van der Waals surface area contributed by atoms with Crippen LogP contribution in [0.1, 0.15) is 33.6 Å². The molecule has 0 aromatic carbocycles. The number of rotatable bonds is 7. The summed E-state index contributed by atoms with van der Waals surface area (Å²) in [4.78, 5) is 0. The minimum absolute atomic E-state index is 0.683. The largest absolute Gasteiger partial charge is 0.381 e. The van der Waals surface area contributed by atoms with Crippen molar-refractivity contribution in [3.05, 3.63) is 0 Å². The molecule has 2 nitrogen and oxygen atoms in total. The molecule has 12 heavy (non-hydrogen) atoms. The molecule has 0 spiro atoms. The van der Waals surface area contributed by atoms with E-state index in [0.29, 0.717) is 5.92 Å². The highest BCUT2D eigenvalue weighted by atomic mass is 16.5. The second-order valence-electron chi connectivity index (χ2n) is 3.95. The third-order valence-corrected chi connectivity index (χ3v) is 1.77. The summed E-state index contributed by atoms with van der Waals surface area (Å²) in [6.07, 6.45) is 2.23. The fraction of sp³-hybridized carbons (Fsp3) is 1.00. The molecule has 74 valence electrons. The molecule has 2 heteroatoms. The van der Waals surface area contributed by atoms with Gasteiger partial charge in [0.25, 0.3) is 0 Å². The second kappa shape index (κ2) is 7.56. The summed E-state index contributed by atoms with van der Waals surface area (Å²) < 4.78 is 5.46. The van der Waals surface area contributed by atoms with Gasteiger partial charge in [0.1, 0.15) is 0 Å². The smallest absolute Gasteiger partial charge is 0.0491 e. The summed E-state index contributed by atoms with van der Waals surface area (Å²) in [5.74, 6) is 1.46. The van der Waals surface area contributed by atoms with Crippen molar-refractivity contribution in [2.45, 2.75) is 33.6 Å². The highest BCUT2D eigenvalue weighted by molar-refractivity contribution is 4.54. The van der Waals surface area contributed by atoms with Gasteiger partial charge in [-0.05, 0) is 31.2 Å². The van der Waals surface area contributed by atoms with E-state index in [2.05, 4.69) is 20.8 Å². The Labute approximate surface area is 76.5 Å². The molecule has 0 fully saturated rings. The first-order chi connectivity index (χ1) is 5.66. The molecule has 1 unspecified atom stereocenters. The van der Waals surface area contributed by atoms with E-state index in [9.17, 15) is 0 Å². The lowest BCUT2D eigenvalue weighted by molar-refractivity contribution is 0.0970. The van der Waals surface area contributed by atoms with Crippen LogP contribution in [0.5, 0.6) is 0 Å². The van der Waals surface area contributed by atoms with Crippen LogP contribution in [0.15, 0.2) is 0 Å². The van der Waals surface area contributed by atoms with Gasteiger partial charge in [-0.2, -0.15) is 0 Å². The summed E-state index contributed by atoms with van der Waals surface area (Å²) in [6.45, 7) is 9.17. The van der Waals surface area contributed by atoms with Crippen molar-refractivity contribution in [2.24, 2.45) is 17.6 Å². The van der Waals surface area contributed by atoms with Gasteiger partial charge in [-0.1, -0.05) is 20.8 Å². The third kappa shape index (κ3) is 8.02. The average molecular weight is 173 g/mol. The molecule has 0 aromatic heterocycles. The first-order valence-corrected chi connectivity index (χ1v) is 4.94. The Morgan fingerprint density at radius 3 is 2.42 bits per heavy atom. The van der Waals surface area contributed by atoms with Crippen LogP contribution < -0.4 is 5.73 Å². The predicted octanol–water partition coefficient (Wildman–Crippen LogP) is 2.03. The number of ether oxygens (including phenoxy) is 1. The van der Waals surface area contributed by atoms with Crippen molar-refractivity contribution in [3.63, 3.8) is 0 Å². The Kier molecular flexibility index (Phi) is 7.51. The number of hydrogen-bond donors (Lipinski definition) is 1. The van der Waals surface area contributed by atoms with Gasteiger partial charge in [-0.3, -0.25) is 0 Å². The van der Waals surface area contributed by atoms with Crippen molar-refractivity contribution >= 4 is 0 Å². The van der Waals surface area contributed by atoms with Crippen molar-refractivity contribution in [2.75, 3.05) is 19.8 Å². The van der Waals surface area contributed by atoms with Gasteiger partial charge < -0.3 is 10.5 Å². The topological polar surface area (TPSA) is 35.2 Å². The molecule has 1 atom stereocenters. The quantitative estimate of drug-likeness (QED) is 0.598. The Bertz CT molecular complexity index is 93.8. The average Bonchev–Trinajstić information content (AvgIpc) is 1.97. The zero-order chi connectivity index (χ0) is 9.40. The van der Waals surface area contributed by atoms with Gasteiger partial charge in [0.05, 0.1) is 0 Å². The molecule has 0 aromatic rings. The van der Waals surface area contributed by atoms with Crippen LogP contribution in [-0.2, 0) is 4.74 Å². The lowest BCUT2D eigenvalue weighted by Crippen LogP contribution is -2.11. The maximum Gasteiger partial charge on any atom is 0.0491 e. The molecule has 0 heterocycles. The molecule has 0 bridgehead atoms. The van der Waals surface area contributed by atoms with Crippen LogP contribution in [0, 0.1) is 11.8 Å². The van der Waals surface area contributed by atoms with E-state index in [0.717, 1.165) is 32.1 Å². The molecule has 0 radical (unpaired) electrons. The van der Waals surface area contributed by atoms with Gasteiger partial charge in [-0.25, -0.2) is 0 Å². The van der Waals surface area contributed by atoms with Crippen LogP contribution in [0.3, 0.4) is 0 Å². The van der Waals surface area contributed by atoms with E-state index < -0.39 is 0 Å². The molecule has 0 aliphatic rings. The summed E-state index contributed by atoms with van der Waals surface area (Å²) in [7, 11) is 0. The number of hydrogen-bond acceptors (Lipinski definition) is 2. The van der Waals surface area contributed by atoms with Crippen molar-refractivity contribution < 1.29 is 4.74 Å². The normalized spacial score (nSPS) is 13.8. The van der Waals surface area contributed by atoms with E-state index in [1.807, 2.05) is 0 Å². The third-order valence-electron chi connectivity index (χ3n) is 1.77. The van der Waals surface area contributed by atoms with Gasteiger partial charge >= 0.3 is 0 Å². The minimum Gasteiger partial charge on any atom is -0.381 e. The second-order valence-corrected chi connectivity index (χ2v) is 3.95. The van der Waals surface area contributed by atoms with Gasteiger partial charge in [-0.15, -0.1) is 0 Å². The molecular formula is C10H23NO. The maximum atomic E-state index is 5.46. The van der Waals surface area contributed by atoms with Crippen molar-refractivity contribution in [1.82, 2.24) is 0 Å². The van der Waals surface area contributed by atoms with Crippen LogP contribution in [0.25, 0.3) is 0 Å². The first-order valence-electron chi connectivity index (χ1n) is 4.94. The van der Waals surface area contributed by atoms with Gasteiger partial charge in [0.15, 0.2) is 0 Å². The fourth-order valence-corrected chi connectivity index (χ4v) is 1.34. The Balaban J connectivity index is 3.14. The fourth-order valence-electron chi connectivity index (χ4n) is 1.34. The standard InChI is InChI=1S/C10H23NO/c1-9(2)7-10(3)8-12-6-4-5-11/h9-10H,4-8,11H2,1-3H3. The molecular weight excluding hydrogens is 150 g/mol. The SMILES string of the molecule is CC(C)CC(C)COCCCN. The van der Waals surface area contributed by atoms with Crippen LogP contribution in [0.4, 0.5) is 0 Å². The lowest BCUT2D eigenvalue weighted by Gasteiger charge is -2.13. The molecule has 0 aliphatic heterocycles. The Hall–Kier alpha value is -0.0800. The van der Waals surface area contributed by atoms with Gasteiger partial charge in [0, 0.05) is 13.2 Å². The highest BCUT2D eigenvalue weighted by Crippen LogP contribution is 2.10. The van der Waals surface area contributed by atoms with E-state index in [-0.39, 0.29) is 0 Å². The molecule has 0 rings (SSSR count). The summed E-state index contributed by atoms with van der Waals surface area (Å²) in [5, 5.41) is 0. The molecule has 0 aliphatic carbocycles. The van der Waals surface area contributed by atoms with Crippen LogP contribution in [0.2, 0.25) is 0 Å².